The molecule has 2 heterocycles. The summed E-state index contributed by atoms with van der Waals surface area (Å²) in [5, 5.41) is 5.46. The van der Waals surface area contributed by atoms with Crippen LogP contribution in [0.15, 0.2) is 5.38 Å². The molecular weight excluding hydrogens is 294 g/mol. The van der Waals surface area contributed by atoms with Gasteiger partial charge in [-0.25, -0.2) is 4.98 Å². The van der Waals surface area contributed by atoms with Crippen molar-refractivity contribution in [1.29, 1.82) is 0 Å². The molecule has 1 aliphatic rings. The van der Waals surface area contributed by atoms with Gasteiger partial charge in [-0.15, -0.1) is 11.3 Å². The molecule has 1 aliphatic heterocycles. The number of amides is 1. The Morgan fingerprint density at radius 2 is 2.19 bits per heavy atom. The highest BCUT2D eigenvalue weighted by Gasteiger charge is 2.16. The van der Waals surface area contributed by atoms with Crippen LogP contribution in [0.1, 0.15) is 15.5 Å². The van der Waals surface area contributed by atoms with Gasteiger partial charge < -0.3 is 19.5 Å². The molecule has 0 unspecified atom stereocenters. The van der Waals surface area contributed by atoms with Crippen molar-refractivity contribution in [2.24, 2.45) is 0 Å². The number of nitrogens with one attached hydrogen (secondary N) is 1. The van der Waals surface area contributed by atoms with E-state index in [9.17, 15) is 4.79 Å². The number of methoxy groups -OCH3 is 2. The molecule has 8 heteroatoms. The van der Waals surface area contributed by atoms with Crippen molar-refractivity contribution in [2.75, 3.05) is 47.1 Å². The lowest BCUT2D eigenvalue weighted by molar-refractivity contribution is -0.0974. The van der Waals surface area contributed by atoms with E-state index in [2.05, 4.69) is 15.2 Å². The first kappa shape index (κ1) is 16.3. The number of aromatic nitrogens is 1. The van der Waals surface area contributed by atoms with Crippen LogP contribution in [-0.2, 0) is 20.8 Å². The van der Waals surface area contributed by atoms with E-state index in [1.54, 1.807) is 5.38 Å². The lowest BCUT2D eigenvalue weighted by Gasteiger charge is -2.25. The standard InChI is InChI=1S/C13H21N3O4S/c1-18-12(19-2)7-14-13(17)10-9-21-11(15-10)8-16-3-5-20-6-4-16/h9,12H,3-8H2,1-2H3,(H,14,17). The summed E-state index contributed by atoms with van der Waals surface area (Å²) in [5.74, 6) is -0.210. The maximum absolute atomic E-state index is 12.0. The molecule has 1 saturated heterocycles. The van der Waals surface area contributed by atoms with Crippen LogP contribution in [0.25, 0.3) is 0 Å². The van der Waals surface area contributed by atoms with E-state index in [1.807, 2.05) is 0 Å². The molecule has 1 fully saturated rings. The number of ether oxygens (including phenoxy) is 3. The number of morpholine rings is 1. The van der Waals surface area contributed by atoms with Crippen LogP contribution >= 0.6 is 11.3 Å². The zero-order chi connectivity index (χ0) is 15.1. The Morgan fingerprint density at radius 3 is 2.86 bits per heavy atom. The van der Waals surface area contributed by atoms with E-state index < -0.39 is 6.29 Å². The summed E-state index contributed by atoms with van der Waals surface area (Å²) in [6.45, 7) is 4.39. The van der Waals surface area contributed by atoms with Crippen molar-refractivity contribution in [1.82, 2.24) is 15.2 Å². The summed E-state index contributed by atoms with van der Waals surface area (Å²) in [6, 6.07) is 0. The fourth-order valence-electron chi connectivity index (χ4n) is 1.97. The highest BCUT2D eigenvalue weighted by Crippen LogP contribution is 2.13. The van der Waals surface area contributed by atoms with Crippen LogP contribution in [0.5, 0.6) is 0 Å². The van der Waals surface area contributed by atoms with Gasteiger partial charge in [-0.1, -0.05) is 0 Å². The second kappa shape index (κ2) is 8.40. The maximum Gasteiger partial charge on any atom is 0.270 e. The molecule has 7 nitrogen and oxygen atoms in total. The molecule has 1 aromatic heterocycles. The van der Waals surface area contributed by atoms with Gasteiger partial charge in [0.15, 0.2) is 6.29 Å². The van der Waals surface area contributed by atoms with Gasteiger partial charge in [-0.2, -0.15) is 0 Å². The summed E-state index contributed by atoms with van der Waals surface area (Å²) in [4.78, 5) is 18.6. The predicted octanol–water partition coefficient (Wildman–Crippen LogP) is 0.324. The van der Waals surface area contributed by atoms with Crippen LogP contribution in [0.4, 0.5) is 0 Å². The van der Waals surface area contributed by atoms with Crippen LogP contribution in [0.2, 0.25) is 0 Å². The third kappa shape index (κ3) is 5.01. The molecule has 0 spiro atoms. The minimum absolute atomic E-state index is 0.210. The van der Waals surface area contributed by atoms with Crippen molar-refractivity contribution < 1.29 is 19.0 Å². The van der Waals surface area contributed by atoms with E-state index in [0.29, 0.717) is 12.2 Å². The van der Waals surface area contributed by atoms with E-state index in [4.69, 9.17) is 14.2 Å². The van der Waals surface area contributed by atoms with Crippen LogP contribution < -0.4 is 5.32 Å². The SMILES string of the molecule is COC(CNC(=O)c1csc(CN2CCOCC2)n1)OC. The van der Waals surface area contributed by atoms with E-state index >= 15 is 0 Å². The van der Waals surface area contributed by atoms with Gasteiger partial charge >= 0.3 is 0 Å². The van der Waals surface area contributed by atoms with Gasteiger partial charge in [0, 0.05) is 32.7 Å². The van der Waals surface area contributed by atoms with Crippen LogP contribution in [0, 0.1) is 0 Å². The predicted molar refractivity (Wildman–Crippen MR) is 78.3 cm³/mol. The zero-order valence-corrected chi connectivity index (χ0v) is 13.1. The summed E-state index contributed by atoms with van der Waals surface area (Å²) < 4.78 is 15.3. The Balaban J connectivity index is 1.82. The summed E-state index contributed by atoms with van der Waals surface area (Å²) >= 11 is 1.50. The maximum atomic E-state index is 12.0. The molecule has 0 atom stereocenters. The average Bonchev–Trinajstić information content (AvgIpc) is 2.97. The summed E-state index contributed by atoms with van der Waals surface area (Å²) in [5.41, 5.74) is 0.439. The highest BCUT2D eigenvalue weighted by atomic mass is 32.1. The third-order valence-corrected chi connectivity index (χ3v) is 4.04. The number of rotatable bonds is 7. The lowest BCUT2D eigenvalue weighted by Crippen LogP contribution is -2.36. The van der Waals surface area contributed by atoms with Gasteiger partial charge in [0.2, 0.25) is 0 Å². The normalized spacial score (nSPS) is 16.3. The Morgan fingerprint density at radius 1 is 1.48 bits per heavy atom. The van der Waals surface area contributed by atoms with Gasteiger partial charge in [-0.3, -0.25) is 9.69 Å². The zero-order valence-electron chi connectivity index (χ0n) is 12.3. The number of carbonyl (C=O) groups is 1. The highest BCUT2D eigenvalue weighted by molar-refractivity contribution is 7.09. The Bertz CT molecular complexity index is 444. The summed E-state index contributed by atoms with van der Waals surface area (Å²) in [7, 11) is 3.06. The fraction of sp³-hybridized carbons (Fsp3) is 0.692. The molecule has 2 rings (SSSR count). The van der Waals surface area contributed by atoms with E-state index in [1.165, 1.54) is 25.6 Å². The molecule has 0 aliphatic carbocycles. The topological polar surface area (TPSA) is 72.9 Å². The minimum Gasteiger partial charge on any atom is -0.379 e. The van der Waals surface area contributed by atoms with Crippen molar-refractivity contribution in [2.45, 2.75) is 12.8 Å². The molecule has 0 aromatic carbocycles. The number of hydrogen-bond acceptors (Lipinski definition) is 7. The smallest absolute Gasteiger partial charge is 0.270 e. The molecule has 1 amide bonds. The van der Waals surface area contributed by atoms with Crippen LogP contribution in [-0.4, -0.2) is 69.1 Å². The van der Waals surface area contributed by atoms with Crippen LogP contribution in [0.3, 0.4) is 0 Å². The summed E-state index contributed by atoms with van der Waals surface area (Å²) in [6.07, 6.45) is -0.444. The average molecular weight is 315 g/mol. The minimum atomic E-state index is -0.444. The quantitative estimate of drug-likeness (QED) is 0.731. The molecular formula is C13H21N3O4S. The number of carbonyl (C=O) groups excluding carboxylic acids is 1. The molecule has 0 saturated carbocycles. The molecule has 118 valence electrons. The first-order valence-corrected chi connectivity index (χ1v) is 7.69. The Hall–Kier alpha value is -1.06. The molecule has 0 radical (unpaired) electrons. The van der Waals surface area contributed by atoms with Crippen molar-refractivity contribution in [3.63, 3.8) is 0 Å². The molecule has 0 bridgehead atoms. The van der Waals surface area contributed by atoms with E-state index in [-0.39, 0.29) is 5.91 Å². The number of nitrogens with zero attached hydrogens (tertiary/aromatic N) is 2. The second-order valence-corrected chi connectivity index (χ2v) is 5.57. The monoisotopic (exact) mass is 315 g/mol. The number of thiazole rings is 1. The second-order valence-electron chi connectivity index (χ2n) is 4.63. The van der Waals surface area contributed by atoms with Gasteiger partial charge in [0.25, 0.3) is 5.91 Å². The molecule has 21 heavy (non-hydrogen) atoms. The first-order valence-electron chi connectivity index (χ1n) is 6.81. The Kier molecular flexibility index (Phi) is 6.52. The van der Waals surface area contributed by atoms with Crippen molar-refractivity contribution in [3.8, 4) is 0 Å². The van der Waals surface area contributed by atoms with Crippen molar-refractivity contribution in [3.05, 3.63) is 16.1 Å². The first-order chi connectivity index (χ1) is 10.2. The van der Waals surface area contributed by atoms with Gasteiger partial charge in [0.05, 0.1) is 26.3 Å². The van der Waals surface area contributed by atoms with Gasteiger partial charge in [0.1, 0.15) is 10.7 Å². The van der Waals surface area contributed by atoms with Gasteiger partial charge in [-0.05, 0) is 0 Å². The fourth-order valence-corrected chi connectivity index (χ4v) is 2.78. The Labute approximate surface area is 128 Å². The van der Waals surface area contributed by atoms with Crippen molar-refractivity contribution >= 4 is 17.2 Å². The molecule has 1 N–H and O–H groups in total. The lowest BCUT2D eigenvalue weighted by atomic mass is 10.4. The molecule has 1 aromatic rings. The largest absolute Gasteiger partial charge is 0.379 e. The number of hydrogen-bond donors (Lipinski definition) is 1. The third-order valence-electron chi connectivity index (χ3n) is 3.20. The van der Waals surface area contributed by atoms with E-state index in [0.717, 1.165) is 37.9 Å².